The molecule has 0 aliphatic carbocycles. The van der Waals surface area contributed by atoms with E-state index in [-0.39, 0.29) is 5.75 Å². The summed E-state index contributed by atoms with van der Waals surface area (Å²) >= 11 is 0. The molecule has 3 saturated heterocycles. The molecule has 0 saturated carbocycles. The molecule has 2 atom stereocenters. The molecule has 240 valence electrons. The molecule has 9 nitrogen and oxygen atoms in total. The Morgan fingerprint density at radius 1 is 0.979 bits per heavy atom. The van der Waals surface area contributed by atoms with Crippen molar-refractivity contribution in [1.29, 1.82) is 0 Å². The van der Waals surface area contributed by atoms with Crippen LogP contribution >= 0.6 is 0 Å². The van der Waals surface area contributed by atoms with E-state index in [1.54, 1.807) is 18.3 Å². The van der Waals surface area contributed by atoms with Gasteiger partial charge in [-0.2, -0.15) is 0 Å². The van der Waals surface area contributed by atoms with Crippen molar-refractivity contribution < 1.29 is 9.90 Å². The van der Waals surface area contributed by atoms with Gasteiger partial charge in [-0.25, -0.2) is 15.0 Å². The maximum absolute atomic E-state index is 11.1. The van der Waals surface area contributed by atoms with Gasteiger partial charge in [0.2, 0.25) is 0 Å². The van der Waals surface area contributed by atoms with Gasteiger partial charge in [-0.15, -0.1) is 0 Å². The number of phenolic OH excluding ortho intramolecular Hbond substituents is 1. The van der Waals surface area contributed by atoms with Crippen molar-refractivity contribution >= 4 is 34.5 Å². The number of allylic oxidation sites excluding steroid dienone is 4. The van der Waals surface area contributed by atoms with Gasteiger partial charge >= 0.3 is 0 Å². The van der Waals surface area contributed by atoms with Crippen LogP contribution in [0.4, 0.5) is 11.5 Å². The number of aromatic nitrogens is 4. The fourth-order valence-electron chi connectivity index (χ4n) is 6.60. The van der Waals surface area contributed by atoms with Crippen molar-refractivity contribution in [3.05, 3.63) is 108 Å². The summed E-state index contributed by atoms with van der Waals surface area (Å²) in [4.78, 5) is 30.3. The van der Waals surface area contributed by atoms with Crippen LogP contribution in [0.3, 0.4) is 0 Å². The third-order valence-corrected chi connectivity index (χ3v) is 8.95. The predicted octanol–water partition coefficient (Wildman–Crippen LogP) is 7.05. The summed E-state index contributed by atoms with van der Waals surface area (Å²) in [5.41, 5.74) is 14.0. The molecule has 5 aromatic rings. The third-order valence-electron chi connectivity index (χ3n) is 8.95. The van der Waals surface area contributed by atoms with E-state index in [0.717, 1.165) is 59.0 Å². The molecule has 2 bridgehead atoms. The molecule has 2 unspecified atom stereocenters. The number of piperazine rings is 1. The smallest absolute Gasteiger partial charge is 0.165 e. The molecule has 6 heterocycles. The van der Waals surface area contributed by atoms with Crippen molar-refractivity contribution in [2.24, 2.45) is 0 Å². The highest BCUT2D eigenvalue weighted by Gasteiger charge is 2.44. The topological polar surface area (TPSA) is 113 Å². The zero-order chi connectivity index (χ0) is 33.1. The van der Waals surface area contributed by atoms with Gasteiger partial charge in [0.25, 0.3) is 0 Å². The average Bonchev–Trinajstić information content (AvgIpc) is 3.49. The van der Waals surface area contributed by atoms with Gasteiger partial charge in [-0.05, 0) is 79.9 Å². The molecule has 3 aliphatic heterocycles. The number of rotatable bonds is 8. The summed E-state index contributed by atoms with van der Waals surface area (Å²) in [5, 5.41) is 10.2. The molecule has 0 radical (unpaired) electrons. The van der Waals surface area contributed by atoms with Crippen LogP contribution in [0.2, 0.25) is 0 Å². The van der Waals surface area contributed by atoms with Crippen molar-refractivity contribution in [3.8, 4) is 22.8 Å². The first-order valence-corrected chi connectivity index (χ1v) is 16.2. The van der Waals surface area contributed by atoms with E-state index >= 15 is 0 Å². The number of imidazole rings is 1. The minimum Gasteiger partial charge on any atom is -0.507 e. The second-order valence-corrected chi connectivity index (χ2v) is 11.6. The molecule has 2 aromatic carbocycles. The lowest BCUT2D eigenvalue weighted by Crippen LogP contribution is -2.68. The number of nitrogens with two attached hydrogens (primary N) is 1. The number of piperidine rings is 1. The minimum absolute atomic E-state index is 0.0326. The minimum atomic E-state index is 0.0326. The maximum Gasteiger partial charge on any atom is 0.165 e. The van der Waals surface area contributed by atoms with E-state index in [2.05, 4.69) is 55.8 Å². The zero-order valence-corrected chi connectivity index (χ0v) is 27.3. The van der Waals surface area contributed by atoms with Gasteiger partial charge in [0.1, 0.15) is 17.1 Å². The van der Waals surface area contributed by atoms with E-state index in [0.29, 0.717) is 35.6 Å². The van der Waals surface area contributed by atoms with Crippen LogP contribution in [0.5, 0.6) is 5.75 Å². The number of hydrogen-bond acceptors (Lipinski definition) is 8. The number of hydrogen-bond donors (Lipinski definition) is 2. The summed E-state index contributed by atoms with van der Waals surface area (Å²) in [6.07, 6.45) is 9.66. The van der Waals surface area contributed by atoms with Crippen LogP contribution in [0, 0.1) is 0 Å². The van der Waals surface area contributed by atoms with Crippen molar-refractivity contribution in [1.82, 2.24) is 24.4 Å². The Kier molecular flexibility index (Phi) is 9.17. The molecule has 3 aliphatic rings. The number of benzene rings is 2. The first-order valence-electron chi connectivity index (χ1n) is 16.2. The van der Waals surface area contributed by atoms with E-state index < -0.39 is 0 Å². The Hall–Kier alpha value is -5.28. The zero-order valence-electron chi connectivity index (χ0n) is 27.3. The van der Waals surface area contributed by atoms with Gasteiger partial charge in [0.05, 0.1) is 16.8 Å². The highest BCUT2D eigenvalue weighted by atomic mass is 16.3. The van der Waals surface area contributed by atoms with Crippen LogP contribution in [-0.2, 0) is 6.54 Å². The van der Waals surface area contributed by atoms with Gasteiger partial charge in [-0.1, -0.05) is 44.2 Å². The third kappa shape index (κ3) is 6.02. The van der Waals surface area contributed by atoms with Gasteiger partial charge in [0, 0.05) is 55.4 Å². The number of phenols is 1. The molecular weight excluding hydrogens is 586 g/mol. The highest BCUT2D eigenvalue weighted by Crippen LogP contribution is 2.37. The number of nitrogen functional groups attached to an aromatic ring is 1. The summed E-state index contributed by atoms with van der Waals surface area (Å²) in [7, 11) is 0. The number of aldehydes is 1. The molecule has 0 amide bonds. The quantitative estimate of drug-likeness (QED) is 0.139. The molecule has 47 heavy (non-hydrogen) atoms. The first-order chi connectivity index (χ1) is 23.0. The summed E-state index contributed by atoms with van der Waals surface area (Å²) < 4.78 is 2.07. The number of carbonyl (C=O) groups is 1. The Labute approximate surface area is 275 Å². The monoisotopic (exact) mass is 627 g/mol. The van der Waals surface area contributed by atoms with Gasteiger partial charge in [0.15, 0.2) is 17.8 Å². The van der Waals surface area contributed by atoms with E-state index in [4.69, 9.17) is 15.7 Å². The number of aromatic hydroxyl groups is 1. The molecule has 3 N–H and O–H groups in total. The van der Waals surface area contributed by atoms with E-state index in [1.807, 2.05) is 64.1 Å². The number of nitrogens with zero attached hydrogens (tertiary/aromatic N) is 6. The molecule has 0 spiro atoms. The lowest BCUT2D eigenvalue weighted by atomic mass is 9.86. The Morgan fingerprint density at radius 3 is 2.38 bits per heavy atom. The Morgan fingerprint density at radius 2 is 1.72 bits per heavy atom. The first kappa shape index (κ1) is 31.7. The molecule has 8 rings (SSSR count). The Bertz CT molecular complexity index is 1950. The average molecular weight is 628 g/mol. The normalized spacial score (nSPS) is 17.8. The highest BCUT2D eigenvalue weighted by molar-refractivity contribution is 5.85. The number of anilines is 2. The molecule has 9 heteroatoms. The largest absolute Gasteiger partial charge is 0.507 e. The fraction of sp³-hybridized carbons (Fsp3) is 0.263. The van der Waals surface area contributed by atoms with Crippen molar-refractivity contribution in [2.75, 3.05) is 23.7 Å². The second-order valence-electron chi connectivity index (χ2n) is 11.6. The van der Waals surface area contributed by atoms with Crippen LogP contribution in [0.15, 0.2) is 91.2 Å². The molecule has 3 fully saturated rings. The Balaban J connectivity index is 0.00000190. The van der Waals surface area contributed by atoms with Crippen LogP contribution in [0.25, 0.3) is 33.8 Å². The predicted molar refractivity (Wildman–Crippen MR) is 190 cm³/mol. The van der Waals surface area contributed by atoms with Crippen LogP contribution in [-0.4, -0.2) is 61.0 Å². The van der Waals surface area contributed by atoms with E-state index in [9.17, 15) is 9.90 Å². The lowest BCUT2D eigenvalue weighted by Gasteiger charge is -2.57. The SMILES string of the molecule is C/C=C\C(=C/C)c1ccc2nc(-c3cccnc3N)n(-c3ccc(CN4C5CC4CN(c4ccc(C=O)c(O)c4)C5)cc3)c2n1.CC. The van der Waals surface area contributed by atoms with Crippen molar-refractivity contribution in [3.63, 3.8) is 0 Å². The number of pyridine rings is 2. The fourth-order valence-corrected chi connectivity index (χ4v) is 6.60. The molecular formula is C38H41N7O2. The van der Waals surface area contributed by atoms with Gasteiger partial charge in [-0.3, -0.25) is 14.3 Å². The standard InChI is InChI=1S/C36H35N7O2.C2H6/c1-3-6-24(4-2)31-14-15-32-36(39-31)43(35(40-32)30-7-5-16-38-34(30)37)26-11-8-23(9-12-26)19-42-28-17-29(42)21-41(20-28)27-13-10-25(22-44)33(45)18-27;1-2/h3-16,18,22,28-29,45H,17,19-21H2,1-2H3,(H2,37,38);1-2H3/b6-3-,24-4+;. The lowest BCUT2D eigenvalue weighted by molar-refractivity contribution is -0.00843. The van der Waals surface area contributed by atoms with Crippen LogP contribution in [0.1, 0.15) is 55.7 Å². The number of carbonyl (C=O) groups excluding carboxylic acids is 1. The van der Waals surface area contributed by atoms with Gasteiger partial charge < -0.3 is 15.7 Å². The summed E-state index contributed by atoms with van der Waals surface area (Å²) in [5.74, 6) is 1.15. The van der Waals surface area contributed by atoms with Crippen molar-refractivity contribution in [2.45, 2.75) is 52.7 Å². The van der Waals surface area contributed by atoms with Crippen LogP contribution < -0.4 is 10.6 Å². The van der Waals surface area contributed by atoms with E-state index in [1.165, 1.54) is 12.0 Å². The summed E-state index contributed by atoms with van der Waals surface area (Å²) in [6, 6.07) is 22.6. The second kappa shape index (κ2) is 13.6. The molecule has 3 aromatic heterocycles. The maximum atomic E-state index is 11.1. The number of fused-ring (bicyclic) bond motifs is 3. The summed E-state index contributed by atoms with van der Waals surface area (Å²) in [6.45, 7) is 10.7.